The fourth-order valence-corrected chi connectivity index (χ4v) is 8.19. The minimum absolute atomic E-state index is 0.942. The van der Waals surface area contributed by atoms with E-state index in [1.165, 1.54) is 59.7 Å². The Bertz CT molecular complexity index is 3060. The van der Waals surface area contributed by atoms with Gasteiger partial charge >= 0.3 is 0 Å². The second-order valence-corrected chi connectivity index (χ2v) is 13.0. The van der Waals surface area contributed by atoms with Crippen molar-refractivity contribution >= 4 is 65.2 Å². The molecule has 0 bridgehead atoms. The van der Waals surface area contributed by atoms with Gasteiger partial charge in [-0.15, -0.1) is 0 Å². The number of benzene rings is 8. The molecule has 0 fully saturated rings. The molecule has 0 unspecified atom stereocenters. The van der Waals surface area contributed by atoms with Gasteiger partial charge in [-0.05, 0) is 92.0 Å². The molecular formula is C46H28N4. The number of hydrogen-bond donors (Lipinski definition) is 0. The van der Waals surface area contributed by atoms with E-state index in [4.69, 9.17) is 4.98 Å². The van der Waals surface area contributed by atoms with E-state index < -0.39 is 0 Å². The van der Waals surface area contributed by atoms with E-state index in [1.54, 1.807) is 0 Å². The van der Waals surface area contributed by atoms with Crippen LogP contribution in [-0.2, 0) is 0 Å². The van der Waals surface area contributed by atoms with Crippen LogP contribution in [0.3, 0.4) is 0 Å². The van der Waals surface area contributed by atoms with Gasteiger partial charge in [0.25, 0.3) is 0 Å². The number of pyridine rings is 1. The largest absolute Gasteiger partial charge is 0.309 e. The Balaban J connectivity index is 1.12. The molecule has 11 rings (SSSR count). The molecule has 3 aromatic heterocycles. The molecule has 0 amide bonds. The Morgan fingerprint density at radius 3 is 1.98 bits per heavy atom. The molecule has 4 nitrogen and oxygen atoms in total. The number of aromatic nitrogens is 4. The normalized spacial score (nSPS) is 12.0. The zero-order valence-corrected chi connectivity index (χ0v) is 27.0. The molecule has 0 saturated carbocycles. The van der Waals surface area contributed by atoms with Crippen molar-refractivity contribution in [3.8, 4) is 33.9 Å². The van der Waals surface area contributed by atoms with Crippen LogP contribution < -0.4 is 0 Å². The van der Waals surface area contributed by atoms with Gasteiger partial charge in [0.05, 0.1) is 22.1 Å². The van der Waals surface area contributed by atoms with E-state index in [1.807, 2.05) is 18.5 Å². The lowest BCUT2D eigenvalue weighted by Crippen LogP contribution is -1.97. The molecule has 3 heterocycles. The van der Waals surface area contributed by atoms with E-state index in [0.29, 0.717) is 0 Å². The zero-order valence-electron chi connectivity index (χ0n) is 27.0. The van der Waals surface area contributed by atoms with E-state index in [-0.39, 0.29) is 0 Å². The Morgan fingerprint density at radius 2 is 1.12 bits per heavy atom. The summed E-state index contributed by atoms with van der Waals surface area (Å²) in [6, 6.07) is 56.7. The van der Waals surface area contributed by atoms with Gasteiger partial charge in [0.1, 0.15) is 5.82 Å². The Kier molecular flexibility index (Phi) is 5.63. The Hall–Kier alpha value is -6.78. The van der Waals surface area contributed by atoms with Crippen molar-refractivity contribution in [3.05, 3.63) is 170 Å². The molecule has 0 spiro atoms. The SMILES string of the molecule is c1ccc(-c2nc3ccccc3n2-c2ccc(-c3ccc4ccc5c6c(ccc3c46)cc3c5c4cnccc4n3-c3ccccc3)cc2)cc1. The van der Waals surface area contributed by atoms with Crippen molar-refractivity contribution in [3.63, 3.8) is 0 Å². The number of hydrogen-bond acceptors (Lipinski definition) is 2. The van der Waals surface area contributed by atoms with Crippen LogP contribution >= 0.6 is 0 Å². The van der Waals surface area contributed by atoms with Crippen LogP contribution in [0.2, 0.25) is 0 Å². The summed E-state index contributed by atoms with van der Waals surface area (Å²) in [5, 5.41) is 10.0. The second kappa shape index (κ2) is 10.4. The minimum atomic E-state index is 0.942. The van der Waals surface area contributed by atoms with Gasteiger partial charge < -0.3 is 4.57 Å². The van der Waals surface area contributed by atoms with Crippen molar-refractivity contribution in [1.82, 2.24) is 19.1 Å². The summed E-state index contributed by atoms with van der Waals surface area (Å²) < 4.78 is 4.64. The van der Waals surface area contributed by atoms with Gasteiger partial charge in [0.2, 0.25) is 0 Å². The summed E-state index contributed by atoms with van der Waals surface area (Å²) >= 11 is 0. The first-order chi connectivity index (χ1) is 24.8. The van der Waals surface area contributed by atoms with Gasteiger partial charge in [0, 0.05) is 40.1 Å². The maximum Gasteiger partial charge on any atom is 0.145 e. The highest BCUT2D eigenvalue weighted by Gasteiger charge is 2.20. The lowest BCUT2D eigenvalue weighted by atomic mass is 9.88. The van der Waals surface area contributed by atoms with Crippen molar-refractivity contribution in [2.45, 2.75) is 0 Å². The molecule has 0 aliphatic carbocycles. The first kappa shape index (κ1) is 27.2. The molecule has 0 saturated heterocycles. The molecule has 232 valence electrons. The standard InChI is InChI=1S/C46H28N4/c1-3-9-31(10-4-1)46-48-39-13-7-8-14-41(39)50(46)34-20-15-29(16-21-34)35-22-17-30-18-24-37-44-32(19-23-36(35)43(30)44)27-42-45(37)38-28-47-26-25-40(38)49(42)33-11-5-2-6-12-33/h1-28H. The lowest BCUT2D eigenvalue weighted by molar-refractivity contribution is 1.10. The topological polar surface area (TPSA) is 35.6 Å². The van der Waals surface area contributed by atoms with E-state index >= 15 is 0 Å². The van der Waals surface area contributed by atoms with Crippen molar-refractivity contribution < 1.29 is 0 Å². The van der Waals surface area contributed by atoms with Gasteiger partial charge in [0.15, 0.2) is 0 Å². The van der Waals surface area contributed by atoms with Gasteiger partial charge in [-0.25, -0.2) is 4.98 Å². The van der Waals surface area contributed by atoms with Crippen LogP contribution in [0.15, 0.2) is 170 Å². The summed E-state index contributed by atoms with van der Waals surface area (Å²) in [6.07, 6.45) is 3.91. The van der Waals surface area contributed by atoms with Crippen LogP contribution in [0, 0.1) is 0 Å². The number of imidazole rings is 1. The smallest absolute Gasteiger partial charge is 0.145 e. The van der Waals surface area contributed by atoms with Crippen molar-refractivity contribution in [1.29, 1.82) is 0 Å². The molecule has 0 radical (unpaired) electrons. The maximum atomic E-state index is 5.04. The van der Waals surface area contributed by atoms with Crippen LogP contribution in [0.1, 0.15) is 0 Å². The van der Waals surface area contributed by atoms with Crippen LogP contribution in [0.4, 0.5) is 0 Å². The first-order valence-electron chi connectivity index (χ1n) is 17.0. The molecule has 0 aliphatic rings. The van der Waals surface area contributed by atoms with E-state index in [9.17, 15) is 0 Å². The van der Waals surface area contributed by atoms with E-state index in [2.05, 4.69) is 166 Å². The molecule has 0 aliphatic heterocycles. The molecule has 4 heteroatoms. The number of para-hydroxylation sites is 3. The van der Waals surface area contributed by atoms with Crippen LogP contribution in [0.5, 0.6) is 0 Å². The van der Waals surface area contributed by atoms with Crippen molar-refractivity contribution in [2.75, 3.05) is 0 Å². The lowest BCUT2D eigenvalue weighted by Gasteiger charge is -2.16. The molecule has 0 N–H and O–H groups in total. The number of nitrogens with zero attached hydrogens (tertiary/aromatic N) is 4. The highest BCUT2D eigenvalue weighted by molar-refractivity contribution is 6.34. The summed E-state index contributed by atoms with van der Waals surface area (Å²) in [5.74, 6) is 0.942. The average Bonchev–Trinajstić information content (AvgIpc) is 3.74. The van der Waals surface area contributed by atoms with Gasteiger partial charge in [-0.1, -0.05) is 109 Å². The second-order valence-electron chi connectivity index (χ2n) is 13.0. The molecule has 8 aromatic carbocycles. The zero-order chi connectivity index (χ0) is 32.8. The van der Waals surface area contributed by atoms with Crippen LogP contribution in [-0.4, -0.2) is 19.1 Å². The molecule has 0 atom stereocenters. The predicted molar refractivity (Wildman–Crippen MR) is 208 cm³/mol. The molecule has 11 aromatic rings. The van der Waals surface area contributed by atoms with Gasteiger partial charge in [-0.3, -0.25) is 9.55 Å². The fourth-order valence-electron chi connectivity index (χ4n) is 8.19. The summed E-state index contributed by atoms with van der Waals surface area (Å²) in [5.41, 5.74) is 10.2. The third kappa shape index (κ3) is 3.81. The van der Waals surface area contributed by atoms with Gasteiger partial charge in [-0.2, -0.15) is 0 Å². The Labute approximate surface area is 287 Å². The van der Waals surface area contributed by atoms with E-state index in [0.717, 1.165) is 39.3 Å². The highest BCUT2D eigenvalue weighted by atomic mass is 15.1. The monoisotopic (exact) mass is 636 g/mol. The fraction of sp³-hybridized carbons (Fsp3) is 0. The quantitative estimate of drug-likeness (QED) is 0.180. The van der Waals surface area contributed by atoms with Crippen molar-refractivity contribution in [2.24, 2.45) is 0 Å². The summed E-state index contributed by atoms with van der Waals surface area (Å²) in [7, 11) is 0. The number of rotatable bonds is 4. The third-order valence-corrected chi connectivity index (χ3v) is 10.4. The summed E-state index contributed by atoms with van der Waals surface area (Å²) in [6.45, 7) is 0. The minimum Gasteiger partial charge on any atom is -0.309 e. The Morgan fingerprint density at radius 1 is 0.420 bits per heavy atom. The first-order valence-corrected chi connectivity index (χ1v) is 17.0. The summed E-state index contributed by atoms with van der Waals surface area (Å²) in [4.78, 5) is 9.62. The average molecular weight is 637 g/mol. The molecular weight excluding hydrogens is 609 g/mol. The van der Waals surface area contributed by atoms with Crippen LogP contribution in [0.25, 0.3) is 99.0 Å². The third-order valence-electron chi connectivity index (χ3n) is 10.4. The maximum absolute atomic E-state index is 5.04. The molecule has 50 heavy (non-hydrogen) atoms. The highest BCUT2D eigenvalue weighted by Crippen LogP contribution is 2.45. The number of fused-ring (bicyclic) bond motifs is 5. The predicted octanol–water partition coefficient (Wildman–Crippen LogP) is 11.7.